The minimum atomic E-state index is -3.25. The monoisotopic (exact) mass is 360 g/mol. The van der Waals surface area contributed by atoms with Crippen molar-refractivity contribution in [1.82, 2.24) is 0 Å². The van der Waals surface area contributed by atoms with Crippen LogP contribution in [0.3, 0.4) is 0 Å². The molecule has 0 spiro atoms. The minimum absolute atomic E-state index is 0.405. The molecule has 0 aromatic carbocycles. The predicted molar refractivity (Wildman–Crippen MR) is 85.7 cm³/mol. The molecule has 0 saturated heterocycles. The van der Waals surface area contributed by atoms with Gasteiger partial charge in [-0.25, -0.2) is 0 Å². The third kappa shape index (κ3) is 12.6. The average molecular weight is 361 g/mol. The molecule has 0 aliphatic carbocycles. The highest BCUT2D eigenvalue weighted by molar-refractivity contribution is 6.52. The molecule has 0 saturated carbocycles. The van der Waals surface area contributed by atoms with E-state index in [2.05, 4.69) is 0 Å². The van der Waals surface area contributed by atoms with Crippen molar-refractivity contribution in [3.05, 3.63) is 0 Å². The molecule has 10 heteroatoms. The Morgan fingerprint density at radius 3 is 0.682 bits per heavy atom. The Morgan fingerprint density at radius 2 is 0.591 bits per heavy atom. The summed E-state index contributed by atoms with van der Waals surface area (Å²) in [5, 5.41) is 0. The maximum absolute atomic E-state index is 9.48. The van der Waals surface area contributed by atoms with Crippen LogP contribution in [0.5, 0.6) is 0 Å². The second-order valence-corrected chi connectivity index (χ2v) is 7.47. The SMILES string of the molecule is CCO[Si](O)(OCC)OCC.CCO[Si](O)(OCC)OCC. The highest BCUT2D eigenvalue weighted by atomic mass is 28.4. The van der Waals surface area contributed by atoms with Gasteiger partial charge in [0, 0.05) is 39.6 Å². The molecule has 136 valence electrons. The minimum Gasteiger partial charge on any atom is -0.367 e. The Kier molecular flexibility index (Phi) is 16.3. The standard InChI is InChI=1S/2C6H16O4Si/c2*1-4-8-11(7,9-5-2)10-6-3/h2*7H,4-6H2,1-3H3. The molecule has 0 aromatic heterocycles. The van der Waals surface area contributed by atoms with Crippen LogP contribution in [0.25, 0.3) is 0 Å². The molecular weight excluding hydrogens is 328 g/mol. The fourth-order valence-electron chi connectivity index (χ4n) is 1.34. The van der Waals surface area contributed by atoms with Crippen LogP contribution >= 0.6 is 0 Å². The maximum atomic E-state index is 9.48. The molecule has 22 heavy (non-hydrogen) atoms. The Balaban J connectivity index is 0. The summed E-state index contributed by atoms with van der Waals surface area (Å²) in [5.41, 5.74) is 0. The second kappa shape index (κ2) is 14.7. The van der Waals surface area contributed by atoms with Crippen molar-refractivity contribution in [2.45, 2.75) is 41.5 Å². The summed E-state index contributed by atoms with van der Waals surface area (Å²) in [5.74, 6) is 0. The smallest absolute Gasteiger partial charge is 0.367 e. The van der Waals surface area contributed by atoms with E-state index < -0.39 is 18.1 Å². The molecule has 0 fully saturated rings. The van der Waals surface area contributed by atoms with Gasteiger partial charge in [0.25, 0.3) is 0 Å². The van der Waals surface area contributed by atoms with Gasteiger partial charge in [-0.3, -0.25) is 0 Å². The van der Waals surface area contributed by atoms with Crippen molar-refractivity contribution in [1.29, 1.82) is 0 Å². The molecule has 8 nitrogen and oxygen atoms in total. The van der Waals surface area contributed by atoms with Crippen molar-refractivity contribution >= 4 is 18.1 Å². The summed E-state index contributed by atoms with van der Waals surface area (Å²) in [6, 6.07) is 0. The molecular formula is C12H32O8Si2. The average Bonchev–Trinajstić information content (AvgIpc) is 2.40. The Labute approximate surface area is 136 Å². The van der Waals surface area contributed by atoms with Gasteiger partial charge < -0.3 is 36.1 Å². The Morgan fingerprint density at radius 1 is 0.455 bits per heavy atom. The van der Waals surface area contributed by atoms with E-state index in [0.717, 1.165) is 0 Å². The number of hydrogen-bond donors (Lipinski definition) is 2. The number of rotatable bonds is 12. The predicted octanol–water partition coefficient (Wildman–Crippen LogP) is 1.05. The quantitative estimate of drug-likeness (QED) is 0.499. The van der Waals surface area contributed by atoms with Crippen LogP contribution in [-0.4, -0.2) is 67.3 Å². The van der Waals surface area contributed by atoms with Gasteiger partial charge in [0.15, 0.2) is 0 Å². The lowest BCUT2D eigenvalue weighted by Crippen LogP contribution is -2.46. The molecule has 0 aliphatic rings. The largest absolute Gasteiger partial charge is 0.676 e. The summed E-state index contributed by atoms with van der Waals surface area (Å²) in [7, 11) is -6.50. The van der Waals surface area contributed by atoms with Crippen LogP contribution in [0.4, 0.5) is 0 Å². The highest BCUT2D eigenvalue weighted by Gasteiger charge is 2.40. The van der Waals surface area contributed by atoms with Crippen molar-refractivity contribution in [2.75, 3.05) is 39.6 Å². The molecule has 0 unspecified atom stereocenters. The normalized spacial score (nSPS) is 12.0. The van der Waals surface area contributed by atoms with Crippen molar-refractivity contribution in [3.8, 4) is 0 Å². The van der Waals surface area contributed by atoms with E-state index in [-0.39, 0.29) is 0 Å². The zero-order valence-corrected chi connectivity index (χ0v) is 16.6. The third-order valence-electron chi connectivity index (χ3n) is 1.96. The molecule has 0 amide bonds. The van der Waals surface area contributed by atoms with Crippen LogP contribution in [0.15, 0.2) is 0 Å². The van der Waals surface area contributed by atoms with Crippen molar-refractivity contribution < 1.29 is 36.1 Å². The second-order valence-electron chi connectivity index (χ2n) is 3.65. The van der Waals surface area contributed by atoms with Gasteiger partial charge in [-0.15, -0.1) is 0 Å². The van der Waals surface area contributed by atoms with Gasteiger partial charge in [-0.1, -0.05) is 0 Å². The summed E-state index contributed by atoms with van der Waals surface area (Å²) in [6.45, 7) is 13.2. The van der Waals surface area contributed by atoms with E-state index in [1.807, 2.05) is 0 Å². The van der Waals surface area contributed by atoms with Gasteiger partial charge in [-0.2, -0.15) is 0 Å². The van der Waals surface area contributed by atoms with E-state index in [0.29, 0.717) is 39.6 Å². The topological polar surface area (TPSA) is 95.8 Å². The van der Waals surface area contributed by atoms with Gasteiger partial charge in [0.1, 0.15) is 0 Å². The maximum Gasteiger partial charge on any atom is 0.676 e. The van der Waals surface area contributed by atoms with Crippen LogP contribution in [0.1, 0.15) is 41.5 Å². The lowest BCUT2D eigenvalue weighted by molar-refractivity contribution is 0.000267. The van der Waals surface area contributed by atoms with Gasteiger partial charge in [0.2, 0.25) is 0 Å². The summed E-state index contributed by atoms with van der Waals surface area (Å²) in [4.78, 5) is 19.0. The molecule has 0 bridgehead atoms. The van der Waals surface area contributed by atoms with E-state index >= 15 is 0 Å². The first-order valence-corrected chi connectivity index (χ1v) is 11.0. The molecule has 2 N–H and O–H groups in total. The molecule has 0 aromatic rings. The fraction of sp³-hybridized carbons (Fsp3) is 1.00. The van der Waals surface area contributed by atoms with Crippen LogP contribution < -0.4 is 0 Å². The van der Waals surface area contributed by atoms with Crippen LogP contribution in [0.2, 0.25) is 0 Å². The fourth-order valence-corrected chi connectivity index (χ4v) is 4.03. The van der Waals surface area contributed by atoms with E-state index in [9.17, 15) is 9.59 Å². The van der Waals surface area contributed by atoms with Crippen LogP contribution in [0, 0.1) is 0 Å². The Hall–Kier alpha value is 0.114. The number of hydrogen-bond acceptors (Lipinski definition) is 8. The summed E-state index contributed by atoms with van der Waals surface area (Å²) in [6.07, 6.45) is 0. The summed E-state index contributed by atoms with van der Waals surface area (Å²) >= 11 is 0. The van der Waals surface area contributed by atoms with E-state index in [4.69, 9.17) is 26.6 Å². The van der Waals surface area contributed by atoms with Gasteiger partial charge >= 0.3 is 18.1 Å². The zero-order chi connectivity index (χ0) is 17.5. The first kappa shape index (κ1) is 24.4. The van der Waals surface area contributed by atoms with Crippen molar-refractivity contribution in [2.24, 2.45) is 0 Å². The Bertz CT molecular complexity index is 187. The van der Waals surface area contributed by atoms with Gasteiger partial charge in [0.05, 0.1) is 0 Å². The van der Waals surface area contributed by atoms with Crippen LogP contribution in [-0.2, 0) is 26.6 Å². The lowest BCUT2D eigenvalue weighted by Gasteiger charge is -2.20. The van der Waals surface area contributed by atoms with Gasteiger partial charge in [-0.05, 0) is 41.5 Å². The van der Waals surface area contributed by atoms with Crippen molar-refractivity contribution in [3.63, 3.8) is 0 Å². The third-order valence-corrected chi connectivity index (χ3v) is 5.88. The van der Waals surface area contributed by atoms with E-state index in [1.54, 1.807) is 41.5 Å². The lowest BCUT2D eigenvalue weighted by atomic mass is 10.9. The molecule has 0 radical (unpaired) electrons. The zero-order valence-electron chi connectivity index (χ0n) is 14.6. The van der Waals surface area contributed by atoms with E-state index in [1.165, 1.54) is 0 Å². The molecule has 0 aliphatic heterocycles. The summed E-state index contributed by atoms with van der Waals surface area (Å²) < 4.78 is 29.8. The first-order chi connectivity index (χ1) is 10.4. The molecule has 0 atom stereocenters. The first-order valence-electron chi connectivity index (χ1n) is 7.65. The molecule has 0 heterocycles. The molecule has 0 rings (SSSR count). The highest BCUT2D eigenvalue weighted by Crippen LogP contribution is 2.05.